The standard InChI is InChI=1S/C18H26N2O/c1-11(2)20-10-16(9-19-20)17-15(7)13(5)8-14(6)18(17)21-12(3)4/h8-12H,1-7H3. The highest BCUT2D eigenvalue weighted by atomic mass is 16.5. The van der Waals surface area contributed by atoms with Gasteiger partial charge in [0, 0.05) is 23.4 Å². The van der Waals surface area contributed by atoms with E-state index in [1.165, 1.54) is 22.3 Å². The topological polar surface area (TPSA) is 27.1 Å². The van der Waals surface area contributed by atoms with Gasteiger partial charge in [-0.05, 0) is 65.2 Å². The van der Waals surface area contributed by atoms with Crippen molar-refractivity contribution in [3.63, 3.8) is 0 Å². The average molecular weight is 286 g/mol. The summed E-state index contributed by atoms with van der Waals surface area (Å²) >= 11 is 0. The quantitative estimate of drug-likeness (QED) is 0.804. The Kier molecular flexibility index (Phi) is 4.40. The van der Waals surface area contributed by atoms with Gasteiger partial charge in [0.1, 0.15) is 5.75 Å². The van der Waals surface area contributed by atoms with Crippen molar-refractivity contribution in [1.29, 1.82) is 0 Å². The molecule has 3 nitrogen and oxygen atoms in total. The van der Waals surface area contributed by atoms with Gasteiger partial charge in [-0.15, -0.1) is 0 Å². The lowest BCUT2D eigenvalue weighted by Crippen LogP contribution is -2.09. The molecule has 0 N–H and O–H groups in total. The molecule has 0 aliphatic rings. The molecule has 2 aromatic rings. The van der Waals surface area contributed by atoms with Crippen LogP contribution in [0.15, 0.2) is 18.5 Å². The van der Waals surface area contributed by atoms with E-state index < -0.39 is 0 Å². The normalized spacial score (nSPS) is 11.5. The van der Waals surface area contributed by atoms with Crippen molar-refractivity contribution in [2.75, 3.05) is 0 Å². The molecule has 1 aromatic carbocycles. The Morgan fingerprint density at radius 1 is 1.05 bits per heavy atom. The molecule has 114 valence electrons. The molecule has 0 saturated carbocycles. The highest BCUT2D eigenvalue weighted by molar-refractivity contribution is 5.76. The summed E-state index contributed by atoms with van der Waals surface area (Å²) in [6, 6.07) is 2.56. The second kappa shape index (κ2) is 5.92. The van der Waals surface area contributed by atoms with Crippen LogP contribution in [0.1, 0.15) is 50.4 Å². The molecule has 0 bridgehead atoms. The number of rotatable bonds is 4. The summed E-state index contributed by atoms with van der Waals surface area (Å²) in [5.74, 6) is 0.983. The van der Waals surface area contributed by atoms with Crippen LogP contribution >= 0.6 is 0 Å². The third-order valence-electron chi connectivity index (χ3n) is 3.76. The van der Waals surface area contributed by atoms with Crippen molar-refractivity contribution in [3.05, 3.63) is 35.2 Å². The Hall–Kier alpha value is -1.77. The molecular formula is C18H26N2O. The van der Waals surface area contributed by atoms with E-state index in [1.807, 2.05) is 10.9 Å². The van der Waals surface area contributed by atoms with E-state index in [0.29, 0.717) is 6.04 Å². The first-order valence-corrected chi connectivity index (χ1v) is 7.63. The van der Waals surface area contributed by atoms with Crippen molar-refractivity contribution in [2.24, 2.45) is 0 Å². The van der Waals surface area contributed by atoms with Gasteiger partial charge in [-0.3, -0.25) is 4.68 Å². The van der Waals surface area contributed by atoms with Crippen LogP contribution in [0.25, 0.3) is 11.1 Å². The predicted molar refractivity (Wildman–Crippen MR) is 88.0 cm³/mol. The maximum absolute atomic E-state index is 6.10. The van der Waals surface area contributed by atoms with Gasteiger partial charge < -0.3 is 4.74 Å². The van der Waals surface area contributed by atoms with E-state index in [0.717, 1.165) is 11.3 Å². The molecule has 0 saturated heterocycles. The first kappa shape index (κ1) is 15.6. The summed E-state index contributed by atoms with van der Waals surface area (Å²) in [6.45, 7) is 14.8. The van der Waals surface area contributed by atoms with Crippen molar-refractivity contribution in [2.45, 2.75) is 60.6 Å². The molecule has 0 fully saturated rings. The van der Waals surface area contributed by atoms with Gasteiger partial charge >= 0.3 is 0 Å². The van der Waals surface area contributed by atoms with Crippen LogP contribution in [0.4, 0.5) is 0 Å². The molecule has 1 heterocycles. The van der Waals surface area contributed by atoms with Crippen LogP contribution in [-0.2, 0) is 0 Å². The summed E-state index contributed by atoms with van der Waals surface area (Å²) in [4.78, 5) is 0. The van der Waals surface area contributed by atoms with Crippen LogP contribution in [-0.4, -0.2) is 15.9 Å². The fraction of sp³-hybridized carbons (Fsp3) is 0.500. The predicted octanol–water partition coefficient (Wildman–Crippen LogP) is 4.84. The summed E-state index contributed by atoms with van der Waals surface area (Å²) in [6.07, 6.45) is 4.21. The number of nitrogens with zero attached hydrogens (tertiary/aromatic N) is 2. The van der Waals surface area contributed by atoms with Crippen molar-refractivity contribution in [3.8, 4) is 16.9 Å². The molecule has 0 atom stereocenters. The third kappa shape index (κ3) is 3.12. The Labute approximate surface area is 127 Å². The van der Waals surface area contributed by atoms with Crippen LogP contribution < -0.4 is 4.74 Å². The summed E-state index contributed by atoms with van der Waals surface area (Å²) < 4.78 is 8.09. The van der Waals surface area contributed by atoms with Gasteiger partial charge in [-0.2, -0.15) is 5.10 Å². The smallest absolute Gasteiger partial charge is 0.130 e. The number of aryl methyl sites for hydroxylation is 2. The Morgan fingerprint density at radius 3 is 2.24 bits per heavy atom. The maximum Gasteiger partial charge on any atom is 0.130 e. The molecule has 21 heavy (non-hydrogen) atoms. The SMILES string of the molecule is Cc1cc(C)c(OC(C)C)c(-c2cnn(C(C)C)c2)c1C. The number of aromatic nitrogens is 2. The zero-order chi connectivity index (χ0) is 15.7. The minimum absolute atomic E-state index is 0.157. The van der Waals surface area contributed by atoms with E-state index in [4.69, 9.17) is 4.74 Å². The second-order valence-corrected chi connectivity index (χ2v) is 6.31. The van der Waals surface area contributed by atoms with Gasteiger partial charge in [0.25, 0.3) is 0 Å². The molecule has 0 radical (unpaired) electrons. The molecule has 2 rings (SSSR count). The molecule has 0 spiro atoms. The zero-order valence-corrected chi connectivity index (χ0v) is 14.2. The lowest BCUT2D eigenvalue weighted by atomic mass is 9.95. The molecule has 1 aromatic heterocycles. The van der Waals surface area contributed by atoms with Crippen LogP contribution in [0, 0.1) is 20.8 Å². The van der Waals surface area contributed by atoms with Gasteiger partial charge in [0.05, 0.1) is 12.3 Å². The second-order valence-electron chi connectivity index (χ2n) is 6.31. The molecule has 3 heteroatoms. The van der Waals surface area contributed by atoms with Gasteiger partial charge in [0.15, 0.2) is 0 Å². The van der Waals surface area contributed by atoms with Crippen LogP contribution in [0.5, 0.6) is 5.75 Å². The van der Waals surface area contributed by atoms with Crippen molar-refractivity contribution in [1.82, 2.24) is 9.78 Å². The van der Waals surface area contributed by atoms with Crippen LogP contribution in [0.2, 0.25) is 0 Å². The minimum Gasteiger partial charge on any atom is -0.490 e. The molecule has 0 aliphatic carbocycles. The number of hydrogen-bond donors (Lipinski definition) is 0. The van der Waals surface area contributed by atoms with Gasteiger partial charge in [-0.25, -0.2) is 0 Å². The van der Waals surface area contributed by atoms with Crippen LogP contribution in [0.3, 0.4) is 0 Å². The molecule has 0 amide bonds. The van der Waals surface area contributed by atoms with E-state index in [-0.39, 0.29) is 6.10 Å². The number of hydrogen-bond acceptors (Lipinski definition) is 2. The Balaban J connectivity index is 2.63. The Bertz CT molecular complexity index is 639. The lowest BCUT2D eigenvalue weighted by Gasteiger charge is -2.19. The largest absolute Gasteiger partial charge is 0.490 e. The molecule has 0 unspecified atom stereocenters. The lowest BCUT2D eigenvalue weighted by molar-refractivity contribution is 0.241. The number of benzene rings is 1. The van der Waals surface area contributed by atoms with E-state index in [2.05, 4.69) is 65.8 Å². The fourth-order valence-corrected chi connectivity index (χ4v) is 2.55. The zero-order valence-electron chi connectivity index (χ0n) is 14.2. The molecular weight excluding hydrogens is 260 g/mol. The highest BCUT2D eigenvalue weighted by Gasteiger charge is 2.17. The highest BCUT2D eigenvalue weighted by Crippen LogP contribution is 2.38. The first-order chi connectivity index (χ1) is 9.81. The number of ether oxygens (including phenoxy) is 1. The van der Waals surface area contributed by atoms with Gasteiger partial charge in [0.2, 0.25) is 0 Å². The minimum atomic E-state index is 0.157. The van der Waals surface area contributed by atoms with E-state index >= 15 is 0 Å². The van der Waals surface area contributed by atoms with E-state index in [9.17, 15) is 0 Å². The summed E-state index contributed by atoms with van der Waals surface area (Å²) in [5.41, 5.74) is 6.03. The summed E-state index contributed by atoms with van der Waals surface area (Å²) in [5, 5.41) is 4.47. The third-order valence-corrected chi connectivity index (χ3v) is 3.76. The summed E-state index contributed by atoms with van der Waals surface area (Å²) in [7, 11) is 0. The first-order valence-electron chi connectivity index (χ1n) is 7.63. The molecule has 0 aliphatic heterocycles. The fourth-order valence-electron chi connectivity index (χ4n) is 2.55. The van der Waals surface area contributed by atoms with Gasteiger partial charge in [-0.1, -0.05) is 6.07 Å². The Morgan fingerprint density at radius 2 is 1.71 bits per heavy atom. The van der Waals surface area contributed by atoms with Crippen molar-refractivity contribution >= 4 is 0 Å². The van der Waals surface area contributed by atoms with Crippen molar-refractivity contribution < 1.29 is 4.74 Å². The maximum atomic E-state index is 6.10. The monoisotopic (exact) mass is 286 g/mol. The van der Waals surface area contributed by atoms with E-state index in [1.54, 1.807) is 0 Å². The average Bonchev–Trinajstić information content (AvgIpc) is 2.85.